The smallest absolute Gasteiger partial charge is 0.231 e. The van der Waals surface area contributed by atoms with Gasteiger partial charge in [0.25, 0.3) is 0 Å². The van der Waals surface area contributed by atoms with Gasteiger partial charge in [0.2, 0.25) is 5.91 Å². The number of methoxy groups -OCH3 is 1. The Morgan fingerprint density at radius 3 is 2.52 bits per heavy atom. The first-order valence-corrected chi connectivity index (χ1v) is 9.80. The Balaban J connectivity index is 0.00000240. The summed E-state index contributed by atoms with van der Waals surface area (Å²) in [6.45, 7) is 4.55. The second-order valence-corrected chi connectivity index (χ2v) is 7.00. The van der Waals surface area contributed by atoms with E-state index in [0.29, 0.717) is 36.6 Å². The van der Waals surface area contributed by atoms with Gasteiger partial charge in [0, 0.05) is 30.7 Å². The third kappa shape index (κ3) is 5.81. The van der Waals surface area contributed by atoms with Crippen molar-refractivity contribution in [1.82, 2.24) is 9.38 Å². The van der Waals surface area contributed by atoms with Crippen LogP contribution in [0.5, 0.6) is 11.5 Å². The van der Waals surface area contributed by atoms with Crippen LogP contribution in [0.1, 0.15) is 32.4 Å². The van der Waals surface area contributed by atoms with Gasteiger partial charge in [-0.1, -0.05) is 19.9 Å². The number of hydrogen-bond donors (Lipinski definition) is 2. The van der Waals surface area contributed by atoms with Crippen LogP contribution in [-0.4, -0.2) is 28.9 Å². The molecule has 7 nitrogen and oxygen atoms in total. The van der Waals surface area contributed by atoms with Crippen LogP contribution in [0.25, 0.3) is 5.65 Å². The number of nitrogens with zero attached hydrogens (tertiary/aromatic N) is 2. The van der Waals surface area contributed by atoms with E-state index >= 15 is 0 Å². The molecule has 0 saturated heterocycles. The number of anilines is 1. The van der Waals surface area contributed by atoms with Gasteiger partial charge in [0.1, 0.15) is 12.3 Å². The van der Waals surface area contributed by atoms with Crippen LogP contribution < -0.4 is 20.5 Å². The predicted octanol–water partition coefficient (Wildman–Crippen LogP) is 4.47. The van der Waals surface area contributed by atoms with Crippen LogP contribution in [0.2, 0.25) is 0 Å². The SMILES string of the molecule is CCC(CC)(CN)C(=O)Nc1ccc(OC)c(OCc2cn3ccccc3n2)c1.Cl.Cl. The minimum Gasteiger partial charge on any atom is -0.493 e. The van der Waals surface area contributed by atoms with E-state index in [0.717, 1.165) is 11.3 Å². The minimum atomic E-state index is -0.572. The second-order valence-electron chi connectivity index (χ2n) is 7.00. The molecule has 1 amide bonds. The number of imidazole rings is 1. The first kappa shape index (κ1) is 26.6. The van der Waals surface area contributed by atoms with Crippen LogP contribution in [0.3, 0.4) is 0 Å². The molecule has 0 spiro atoms. The fourth-order valence-corrected chi connectivity index (χ4v) is 3.29. The van der Waals surface area contributed by atoms with Crippen molar-refractivity contribution in [2.75, 3.05) is 19.0 Å². The zero-order chi connectivity index (χ0) is 20.9. The van der Waals surface area contributed by atoms with Crippen LogP contribution >= 0.6 is 24.8 Å². The number of carbonyl (C=O) groups is 1. The number of nitrogens with one attached hydrogen (secondary N) is 1. The molecule has 0 aliphatic heterocycles. The van der Waals surface area contributed by atoms with Crippen LogP contribution in [0.15, 0.2) is 48.8 Å². The predicted molar refractivity (Wildman–Crippen MR) is 128 cm³/mol. The van der Waals surface area contributed by atoms with Crippen molar-refractivity contribution < 1.29 is 14.3 Å². The van der Waals surface area contributed by atoms with Crippen molar-refractivity contribution >= 4 is 42.1 Å². The minimum absolute atomic E-state index is 0. The van der Waals surface area contributed by atoms with E-state index in [1.165, 1.54) is 0 Å². The van der Waals surface area contributed by atoms with Gasteiger partial charge in [0.15, 0.2) is 11.5 Å². The van der Waals surface area contributed by atoms with Gasteiger partial charge in [-0.2, -0.15) is 0 Å². The molecule has 0 fully saturated rings. The molecule has 0 saturated carbocycles. The van der Waals surface area contributed by atoms with E-state index in [1.54, 1.807) is 25.3 Å². The van der Waals surface area contributed by atoms with Gasteiger partial charge in [0.05, 0.1) is 18.2 Å². The molecule has 0 radical (unpaired) electrons. The number of benzene rings is 1. The summed E-state index contributed by atoms with van der Waals surface area (Å²) in [6.07, 6.45) is 5.22. The number of amides is 1. The number of carbonyl (C=O) groups excluding carboxylic acids is 1. The first-order chi connectivity index (χ1) is 14.0. The van der Waals surface area contributed by atoms with Crippen molar-refractivity contribution in [3.8, 4) is 11.5 Å². The van der Waals surface area contributed by atoms with E-state index in [9.17, 15) is 4.79 Å². The Kier molecular flexibility index (Phi) is 10.1. The van der Waals surface area contributed by atoms with Crippen molar-refractivity contribution in [3.63, 3.8) is 0 Å². The molecule has 0 aliphatic carbocycles. The van der Waals surface area contributed by atoms with E-state index in [2.05, 4.69) is 10.3 Å². The van der Waals surface area contributed by atoms with E-state index in [1.807, 2.05) is 48.8 Å². The summed E-state index contributed by atoms with van der Waals surface area (Å²) < 4.78 is 13.3. The fourth-order valence-electron chi connectivity index (χ4n) is 3.29. The van der Waals surface area contributed by atoms with Gasteiger partial charge >= 0.3 is 0 Å². The van der Waals surface area contributed by atoms with Gasteiger partial charge in [-0.25, -0.2) is 4.98 Å². The molecule has 2 aromatic heterocycles. The second kappa shape index (κ2) is 11.8. The standard InChI is InChI=1S/C22H28N4O3.2ClH/c1-4-22(5-2,15-23)21(27)25-16-9-10-18(28-3)19(12-16)29-14-17-13-26-11-7-6-8-20(26)24-17;;/h6-13H,4-5,14-15,23H2,1-3H3,(H,25,27);2*1H. The zero-order valence-electron chi connectivity index (χ0n) is 18.0. The number of halogens is 2. The molecule has 1 aromatic carbocycles. The van der Waals surface area contributed by atoms with E-state index in [4.69, 9.17) is 15.2 Å². The summed E-state index contributed by atoms with van der Waals surface area (Å²) >= 11 is 0. The highest BCUT2D eigenvalue weighted by atomic mass is 35.5. The Morgan fingerprint density at radius 1 is 1.16 bits per heavy atom. The highest BCUT2D eigenvalue weighted by molar-refractivity contribution is 5.95. The summed E-state index contributed by atoms with van der Waals surface area (Å²) in [7, 11) is 1.58. The van der Waals surface area contributed by atoms with Crippen molar-refractivity contribution in [2.24, 2.45) is 11.1 Å². The fraction of sp³-hybridized carbons (Fsp3) is 0.364. The molecule has 170 valence electrons. The normalized spacial score (nSPS) is 10.7. The lowest BCUT2D eigenvalue weighted by Gasteiger charge is -2.28. The topological polar surface area (TPSA) is 90.9 Å². The van der Waals surface area contributed by atoms with Crippen LogP contribution in [-0.2, 0) is 11.4 Å². The lowest BCUT2D eigenvalue weighted by molar-refractivity contribution is -0.125. The molecular weight excluding hydrogens is 439 g/mol. The summed E-state index contributed by atoms with van der Waals surface area (Å²) in [5, 5.41) is 2.97. The van der Waals surface area contributed by atoms with Crippen molar-refractivity contribution in [2.45, 2.75) is 33.3 Å². The summed E-state index contributed by atoms with van der Waals surface area (Å²) in [5.74, 6) is 1.04. The number of hydrogen-bond acceptors (Lipinski definition) is 5. The molecule has 2 heterocycles. The Labute approximate surface area is 195 Å². The van der Waals surface area contributed by atoms with Gasteiger partial charge in [-0.3, -0.25) is 4.79 Å². The van der Waals surface area contributed by atoms with Crippen LogP contribution in [0.4, 0.5) is 5.69 Å². The third-order valence-electron chi connectivity index (χ3n) is 5.44. The number of ether oxygens (including phenoxy) is 2. The average molecular weight is 469 g/mol. The number of rotatable bonds is 9. The lowest BCUT2D eigenvalue weighted by atomic mass is 9.81. The summed E-state index contributed by atoms with van der Waals surface area (Å²) in [4.78, 5) is 17.3. The van der Waals surface area contributed by atoms with Crippen molar-refractivity contribution in [3.05, 3.63) is 54.5 Å². The van der Waals surface area contributed by atoms with Gasteiger partial charge in [-0.05, 0) is 37.1 Å². The third-order valence-corrected chi connectivity index (χ3v) is 5.44. The van der Waals surface area contributed by atoms with Crippen molar-refractivity contribution in [1.29, 1.82) is 0 Å². The molecule has 3 aromatic rings. The van der Waals surface area contributed by atoms with E-state index < -0.39 is 5.41 Å². The molecule has 3 N–H and O–H groups in total. The molecular formula is C22H30Cl2N4O3. The van der Waals surface area contributed by atoms with Crippen LogP contribution in [0, 0.1) is 5.41 Å². The molecule has 3 rings (SSSR count). The lowest BCUT2D eigenvalue weighted by Crippen LogP contribution is -2.41. The Hall–Kier alpha value is -2.48. The number of pyridine rings is 1. The number of aromatic nitrogens is 2. The Morgan fingerprint density at radius 2 is 1.90 bits per heavy atom. The number of nitrogens with two attached hydrogens (primary N) is 1. The molecule has 0 unspecified atom stereocenters. The number of fused-ring (bicyclic) bond motifs is 1. The summed E-state index contributed by atoms with van der Waals surface area (Å²) in [6, 6.07) is 11.2. The van der Waals surface area contributed by atoms with E-state index in [-0.39, 0.29) is 37.3 Å². The maximum Gasteiger partial charge on any atom is 0.231 e. The average Bonchev–Trinajstić information content (AvgIpc) is 3.17. The van der Waals surface area contributed by atoms with Gasteiger partial charge in [-0.15, -0.1) is 24.8 Å². The molecule has 9 heteroatoms. The largest absolute Gasteiger partial charge is 0.493 e. The molecule has 31 heavy (non-hydrogen) atoms. The maximum atomic E-state index is 12.8. The molecule has 0 bridgehead atoms. The zero-order valence-corrected chi connectivity index (χ0v) is 19.6. The Bertz CT molecular complexity index is 949. The quantitative estimate of drug-likeness (QED) is 0.483. The summed E-state index contributed by atoms with van der Waals surface area (Å²) in [5.41, 5.74) is 7.61. The first-order valence-electron chi connectivity index (χ1n) is 9.80. The molecule has 0 aliphatic rings. The maximum absolute atomic E-state index is 12.8. The highest BCUT2D eigenvalue weighted by Crippen LogP contribution is 2.33. The highest BCUT2D eigenvalue weighted by Gasteiger charge is 2.33. The molecule has 0 atom stereocenters. The van der Waals surface area contributed by atoms with Gasteiger partial charge < -0.3 is 24.9 Å². The monoisotopic (exact) mass is 468 g/mol.